The van der Waals surface area contributed by atoms with Crippen molar-refractivity contribution in [3.63, 3.8) is 0 Å². The van der Waals surface area contributed by atoms with Gasteiger partial charge in [0, 0.05) is 61.1 Å². The lowest BCUT2D eigenvalue weighted by Crippen LogP contribution is -2.47. The van der Waals surface area contributed by atoms with E-state index in [0.717, 1.165) is 106 Å². The molecular formula is C55H40N6O2. The Kier molecular flexibility index (Phi) is 8.57. The minimum Gasteiger partial charge on any atom is -0.354 e. The summed E-state index contributed by atoms with van der Waals surface area (Å²) in [6.07, 6.45) is 6.38. The van der Waals surface area contributed by atoms with Crippen LogP contribution in [0.2, 0.25) is 0 Å². The fourth-order valence-electron chi connectivity index (χ4n) is 9.94. The number of nitrogens with zero attached hydrogens (tertiary/aromatic N) is 3. The minimum atomic E-state index is -1.33. The SMILES string of the molecule is CN1COC2(C(=O)Nc3ccccc32)C1C1=Cc2nc1c(-c1ccccc1)c1ccc([nH]1)c(-c1ccccc1)c1ccc([nH]1)c(-c1ccccc1)c1nc(c2-c2ccccc2)C=C1. The van der Waals surface area contributed by atoms with Crippen LogP contribution >= 0.6 is 0 Å². The summed E-state index contributed by atoms with van der Waals surface area (Å²) in [5.74, 6) is -0.195. The van der Waals surface area contributed by atoms with Gasteiger partial charge < -0.3 is 20.0 Å². The van der Waals surface area contributed by atoms with Crippen molar-refractivity contribution in [1.29, 1.82) is 0 Å². The molecule has 0 aliphatic carbocycles. The topological polar surface area (TPSA) is 98.9 Å². The third-order valence-corrected chi connectivity index (χ3v) is 12.7. The maximum absolute atomic E-state index is 14.6. The molecule has 8 aromatic rings. The van der Waals surface area contributed by atoms with E-state index in [-0.39, 0.29) is 12.6 Å². The van der Waals surface area contributed by atoms with Crippen molar-refractivity contribution in [3.8, 4) is 44.5 Å². The third kappa shape index (κ3) is 5.87. The van der Waals surface area contributed by atoms with Gasteiger partial charge in [0.25, 0.3) is 5.91 Å². The molecule has 2 unspecified atom stereocenters. The van der Waals surface area contributed by atoms with E-state index in [9.17, 15) is 4.79 Å². The lowest BCUT2D eigenvalue weighted by Gasteiger charge is -2.31. The molecule has 5 aromatic carbocycles. The number of carbonyl (C=O) groups excluding carboxylic acids is 1. The number of carbonyl (C=O) groups is 1. The lowest BCUT2D eigenvalue weighted by atomic mass is 9.81. The van der Waals surface area contributed by atoms with Crippen LogP contribution in [0.25, 0.3) is 90.4 Å². The summed E-state index contributed by atoms with van der Waals surface area (Å²) < 4.78 is 6.74. The van der Waals surface area contributed by atoms with Crippen molar-refractivity contribution in [2.24, 2.45) is 0 Å². The molecule has 8 heteroatoms. The van der Waals surface area contributed by atoms with Crippen LogP contribution in [0.1, 0.15) is 28.3 Å². The number of likely N-dealkylation sites (N-methyl/N-ethyl adjacent to an activating group) is 1. The Morgan fingerprint density at radius 1 is 0.540 bits per heavy atom. The molecule has 3 aromatic heterocycles. The Morgan fingerprint density at radius 3 is 1.62 bits per heavy atom. The second kappa shape index (κ2) is 14.6. The van der Waals surface area contributed by atoms with Crippen molar-refractivity contribution >= 4 is 57.5 Å². The number of benzene rings is 5. The Labute approximate surface area is 363 Å². The van der Waals surface area contributed by atoms with E-state index in [2.05, 4.69) is 148 Å². The zero-order valence-corrected chi connectivity index (χ0v) is 34.3. The number of para-hydroxylation sites is 1. The summed E-state index contributed by atoms with van der Waals surface area (Å²) in [6.45, 7) is 0.244. The van der Waals surface area contributed by atoms with Crippen molar-refractivity contribution in [3.05, 3.63) is 198 Å². The molecule has 4 aliphatic rings. The molecule has 8 bridgehead atoms. The molecule has 3 N–H and O–H groups in total. The van der Waals surface area contributed by atoms with Gasteiger partial charge in [-0.25, -0.2) is 9.97 Å². The van der Waals surface area contributed by atoms with E-state index in [0.29, 0.717) is 0 Å². The third-order valence-electron chi connectivity index (χ3n) is 12.7. The smallest absolute Gasteiger partial charge is 0.263 e. The van der Waals surface area contributed by atoms with Crippen molar-refractivity contribution in [2.75, 3.05) is 19.1 Å². The predicted octanol–water partition coefficient (Wildman–Crippen LogP) is 11.8. The molecule has 1 fully saturated rings. The van der Waals surface area contributed by atoms with Gasteiger partial charge in [-0.15, -0.1) is 0 Å². The van der Waals surface area contributed by atoms with Crippen LogP contribution in [0.4, 0.5) is 5.69 Å². The molecule has 0 saturated carbocycles. The molecule has 1 spiro atoms. The normalized spacial score (nSPS) is 17.8. The van der Waals surface area contributed by atoms with Crippen molar-refractivity contribution < 1.29 is 9.53 Å². The average molecular weight is 817 g/mol. The van der Waals surface area contributed by atoms with Gasteiger partial charge in [-0.2, -0.15) is 0 Å². The van der Waals surface area contributed by atoms with Gasteiger partial charge in [-0.3, -0.25) is 9.69 Å². The van der Waals surface area contributed by atoms with E-state index in [1.54, 1.807) is 0 Å². The Morgan fingerprint density at radius 2 is 1.02 bits per heavy atom. The lowest BCUT2D eigenvalue weighted by molar-refractivity contribution is -0.135. The van der Waals surface area contributed by atoms with Crippen LogP contribution in [-0.4, -0.2) is 50.6 Å². The molecule has 12 rings (SSSR count). The maximum atomic E-state index is 14.6. The highest BCUT2D eigenvalue weighted by Crippen LogP contribution is 2.52. The number of rotatable bonds is 5. The summed E-state index contributed by atoms with van der Waals surface area (Å²) in [5, 5.41) is 3.17. The number of amides is 1. The second-order valence-corrected chi connectivity index (χ2v) is 16.4. The molecule has 2 atom stereocenters. The first-order valence-corrected chi connectivity index (χ1v) is 21.2. The standard InChI is InChI=1S/C55H40N6O2/c1-61-33-63-55(39-24-14-15-25-40(39)60-54(55)62)53(61)38-32-47-50(36-20-10-4-11-21-36)45-29-28-43(57-45)48(34-16-6-2-7-17-34)41-26-27-42(56-41)49(35-18-8-3-9-19-35)44-30-31-46(58-44)51(52(38)59-47)37-22-12-5-13-23-37/h2-32,53,56,58H,33H2,1H3,(H,60,62). The number of hydrogen-bond donors (Lipinski definition) is 3. The summed E-state index contributed by atoms with van der Waals surface area (Å²) >= 11 is 0. The Hall–Kier alpha value is -7.91. The molecule has 302 valence electrons. The first-order chi connectivity index (χ1) is 31.0. The molecule has 0 radical (unpaired) electrons. The van der Waals surface area contributed by atoms with Gasteiger partial charge >= 0.3 is 0 Å². The van der Waals surface area contributed by atoms with Crippen molar-refractivity contribution in [1.82, 2.24) is 24.8 Å². The minimum absolute atomic E-state index is 0.195. The van der Waals surface area contributed by atoms with E-state index < -0.39 is 11.6 Å². The van der Waals surface area contributed by atoms with Crippen LogP contribution < -0.4 is 5.32 Å². The number of aromatic nitrogens is 4. The fraction of sp³-hybridized carbons (Fsp3) is 0.0727. The molecule has 63 heavy (non-hydrogen) atoms. The monoisotopic (exact) mass is 816 g/mol. The molecular weight excluding hydrogens is 777 g/mol. The van der Waals surface area contributed by atoms with E-state index in [1.807, 2.05) is 67.7 Å². The van der Waals surface area contributed by atoms with Gasteiger partial charge in [0.1, 0.15) is 6.73 Å². The van der Waals surface area contributed by atoms with Gasteiger partial charge in [0.05, 0.1) is 28.8 Å². The number of hydrogen-bond acceptors (Lipinski definition) is 5. The highest BCUT2D eigenvalue weighted by Gasteiger charge is 2.60. The number of anilines is 1. The zero-order chi connectivity index (χ0) is 42.1. The molecule has 7 heterocycles. The first kappa shape index (κ1) is 36.9. The quantitative estimate of drug-likeness (QED) is 0.161. The van der Waals surface area contributed by atoms with Crippen LogP contribution in [0, 0.1) is 0 Å². The molecule has 1 amide bonds. The van der Waals surface area contributed by atoms with Gasteiger partial charge in [-0.05, 0) is 77.9 Å². The van der Waals surface area contributed by atoms with Crippen molar-refractivity contribution in [2.45, 2.75) is 11.6 Å². The summed E-state index contributed by atoms with van der Waals surface area (Å²) in [7, 11) is 2.02. The van der Waals surface area contributed by atoms with E-state index in [4.69, 9.17) is 14.7 Å². The number of ether oxygens (including phenoxy) is 1. The predicted molar refractivity (Wildman–Crippen MR) is 254 cm³/mol. The van der Waals surface area contributed by atoms with Crippen LogP contribution in [0.15, 0.2) is 170 Å². The van der Waals surface area contributed by atoms with Crippen LogP contribution in [0.5, 0.6) is 0 Å². The summed E-state index contributed by atoms with van der Waals surface area (Å²) in [5.41, 5.74) is 15.8. The number of fused-ring (bicyclic) bond motifs is 10. The number of aromatic amines is 2. The summed E-state index contributed by atoms with van der Waals surface area (Å²) in [4.78, 5) is 35.7. The second-order valence-electron chi connectivity index (χ2n) is 16.4. The van der Waals surface area contributed by atoms with Gasteiger partial charge in [0.2, 0.25) is 0 Å². The van der Waals surface area contributed by atoms with E-state index in [1.165, 1.54) is 0 Å². The first-order valence-electron chi connectivity index (χ1n) is 21.2. The highest BCUT2D eigenvalue weighted by atomic mass is 16.5. The highest BCUT2D eigenvalue weighted by molar-refractivity contribution is 6.10. The van der Waals surface area contributed by atoms with E-state index >= 15 is 0 Å². The van der Waals surface area contributed by atoms with Gasteiger partial charge in [0.15, 0.2) is 5.60 Å². The summed E-state index contributed by atoms with van der Waals surface area (Å²) in [6, 6.07) is 57.6. The Bertz CT molecular complexity index is 3360. The average Bonchev–Trinajstić information content (AvgIpc) is 4.21. The molecule has 8 nitrogen and oxygen atoms in total. The zero-order valence-electron chi connectivity index (χ0n) is 34.3. The maximum Gasteiger partial charge on any atom is 0.263 e. The van der Waals surface area contributed by atoms with Crippen LogP contribution in [0.3, 0.4) is 0 Å². The molecule has 4 aliphatic heterocycles. The van der Waals surface area contributed by atoms with Crippen LogP contribution in [-0.2, 0) is 15.1 Å². The Balaban J connectivity index is 1.27. The molecule has 1 saturated heterocycles. The fourth-order valence-corrected chi connectivity index (χ4v) is 9.94. The number of H-pyrrole nitrogens is 2. The largest absolute Gasteiger partial charge is 0.354 e. The van der Waals surface area contributed by atoms with Gasteiger partial charge in [-0.1, -0.05) is 140 Å². The number of nitrogens with one attached hydrogen (secondary N) is 3.